The van der Waals surface area contributed by atoms with Crippen LogP contribution in [0.4, 0.5) is 18.9 Å². The number of hydrogen-bond donors (Lipinski definition) is 2. The zero-order valence-corrected chi connectivity index (χ0v) is 19.4. The number of carbonyl (C=O) groups is 1. The molecule has 1 aromatic carbocycles. The number of hydrogen-bond acceptors (Lipinski definition) is 4. The molecule has 1 aromatic heterocycles. The van der Waals surface area contributed by atoms with Crippen molar-refractivity contribution in [2.24, 2.45) is 17.8 Å². The number of fused-ring (bicyclic) bond motifs is 2. The number of likely N-dealkylation sites (tertiary alicyclic amines) is 1. The Hall–Kier alpha value is -2.26. The van der Waals surface area contributed by atoms with Crippen LogP contribution in [0, 0.1) is 17.8 Å². The molecule has 34 heavy (non-hydrogen) atoms. The summed E-state index contributed by atoms with van der Waals surface area (Å²) in [5.41, 5.74) is 0.822. The zero-order valence-electron chi connectivity index (χ0n) is 19.4. The highest BCUT2D eigenvalue weighted by Crippen LogP contribution is 2.43. The van der Waals surface area contributed by atoms with E-state index in [0.717, 1.165) is 42.3 Å². The van der Waals surface area contributed by atoms with E-state index in [9.17, 15) is 18.0 Å². The fraction of sp³-hybridized carbons (Fsp3) is 0.640. The topological polar surface area (TPSA) is 66.6 Å². The monoisotopic (exact) mass is 479 g/mol. The van der Waals surface area contributed by atoms with Crippen molar-refractivity contribution in [1.82, 2.24) is 9.88 Å². The molecule has 1 unspecified atom stereocenters. The summed E-state index contributed by atoms with van der Waals surface area (Å²) in [6.07, 6.45) is 2.12. The van der Waals surface area contributed by atoms with E-state index in [1.807, 2.05) is 25.1 Å². The van der Waals surface area contributed by atoms with Crippen LogP contribution in [0.5, 0.6) is 5.75 Å². The number of benzene rings is 1. The van der Waals surface area contributed by atoms with E-state index >= 15 is 0 Å². The molecule has 2 N–H and O–H groups in total. The lowest BCUT2D eigenvalue weighted by Gasteiger charge is -2.21. The summed E-state index contributed by atoms with van der Waals surface area (Å²) in [6.45, 7) is 3.33. The molecular formula is C25H32F3N3O3. The van der Waals surface area contributed by atoms with Gasteiger partial charge in [-0.05, 0) is 75.0 Å². The predicted octanol–water partition coefficient (Wildman–Crippen LogP) is 4.96. The summed E-state index contributed by atoms with van der Waals surface area (Å²) in [5.74, 6) is 1.85. The van der Waals surface area contributed by atoms with Crippen LogP contribution in [0.3, 0.4) is 0 Å². The van der Waals surface area contributed by atoms with Crippen molar-refractivity contribution in [2.45, 2.75) is 50.8 Å². The molecule has 4 atom stereocenters. The van der Waals surface area contributed by atoms with Gasteiger partial charge in [-0.2, -0.15) is 13.2 Å². The molecule has 2 aromatic rings. The number of ether oxygens (including phenoxy) is 2. The first-order valence-electron chi connectivity index (χ1n) is 12.2. The molecule has 9 heteroatoms. The lowest BCUT2D eigenvalue weighted by Crippen LogP contribution is -2.39. The first-order valence-corrected chi connectivity index (χ1v) is 12.2. The zero-order chi connectivity index (χ0) is 23.9. The number of nitrogens with one attached hydrogen (secondary N) is 2. The molecular weight excluding hydrogens is 447 g/mol. The van der Waals surface area contributed by atoms with Crippen molar-refractivity contribution in [2.75, 3.05) is 38.2 Å². The van der Waals surface area contributed by atoms with Crippen molar-refractivity contribution in [1.29, 1.82) is 0 Å². The van der Waals surface area contributed by atoms with Crippen LogP contribution >= 0.6 is 0 Å². The molecule has 0 spiro atoms. The molecule has 5 rings (SSSR count). The Morgan fingerprint density at radius 1 is 1.29 bits per heavy atom. The van der Waals surface area contributed by atoms with Crippen molar-refractivity contribution in [3.63, 3.8) is 0 Å². The van der Waals surface area contributed by atoms with Crippen molar-refractivity contribution < 1.29 is 27.4 Å². The van der Waals surface area contributed by atoms with Gasteiger partial charge >= 0.3 is 6.18 Å². The molecule has 3 fully saturated rings. The van der Waals surface area contributed by atoms with Crippen LogP contribution < -0.4 is 10.1 Å². The third-order valence-electron chi connectivity index (χ3n) is 7.72. The molecule has 2 aliphatic heterocycles. The maximum atomic E-state index is 12.7. The Balaban J connectivity index is 1.12. The maximum absolute atomic E-state index is 12.7. The van der Waals surface area contributed by atoms with E-state index in [0.29, 0.717) is 56.2 Å². The van der Waals surface area contributed by atoms with E-state index in [1.54, 1.807) is 11.1 Å². The summed E-state index contributed by atoms with van der Waals surface area (Å²) in [4.78, 5) is 17.5. The van der Waals surface area contributed by atoms with Gasteiger partial charge in [-0.15, -0.1) is 0 Å². The Labute approximate surface area is 197 Å². The highest BCUT2D eigenvalue weighted by Gasteiger charge is 2.43. The SMILES string of the molecule is CC1(C(=O)Nc2c[nH]c3ccc(OCC[C@@H]4C[C@@H]5CN(CC(F)(F)F)C[C@@H]5C4)cc23)CCCO1. The number of H-pyrrole nitrogens is 1. The summed E-state index contributed by atoms with van der Waals surface area (Å²) < 4.78 is 49.6. The van der Waals surface area contributed by atoms with E-state index in [2.05, 4.69) is 10.3 Å². The number of amides is 1. The normalized spacial score (nSPS) is 29.6. The molecule has 3 aliphatic rings. The highest BCUT2D eigenvalue weighted by atomic mass is 19.4. The number of rotatable bonds is 7. The number of alkyl halides is 3. The first-order chi connectivity index (χ1) is 16.2. The Morgan fingerprint density at radius 2 is 2.06 bits per heavy atom. The lowest BCUT2D eigenvalue weighted by atomic mass is 10.0. The molecule has 3 heterocycles. The van der Waals surface area contributed by atoms with Gasteiger partial charge < -0.3 is 19.8 Å². The largest absolute Gasteiger partial charge is 0.494 e. The molecule has 2 saturated heterocycles. The fourth-order valence-electron chi connectivity index (χ4n) is 5.99. The number of nitrogens with zero attached hydrogens (tertiary/aromatic N) is 1. The van der Waals surface area contributed by atoms with Gasteiger partial charge in [0, 0.05) is 36.8 Å². The summed E-state index contributed by atoms with van der Waals surface area (Å²) in [7, 11) is 0. The predicted molar refractivity (Wildman–Crippen MR) is 123 cm³/mol. The second kappa shape index (κ2) is 9.07. The number of carbonyl (C=O) groups excluding carboxylic acids is 1. The highest BCUT2D eigenvalue weighted by molar-refractivity contribution is 6.04. The van der Waals surface area contributed by atoms with E-state index in [4.69, 9.17) is 9.47 Å². The molecule has 186 valence electrons. The van der Waals surface area contributed by atoms with Gasteiger partial charge in [-0.1, -0.05) is 0 Å². The second-order valence-electron chi connectivity index (χ2n) is 10.4. The van der Waals surface area contributed by atoms with Crippen LogP contribution in [-0.2, 0) is 9.53 Å². The van der Waals surface area contributed by atoms with Crippen LogP contribution in [0.25, 0.3) is 10.9 Å². The number of anilines is 1. The van der Waals surface area contributed by atoms with Crippen LogP contribution in [-0.4, -0.2) is 60.4 Å². The molecule has 1 saturated carbocycles. The molecule has 0 bridgehead atoms. The van der Waals surface area contributed by atoms with Gasteiger partial charge in [0.2, 0.25) is 0 Å². The molecule has 1 amide bonds. The van der Waals surface area contributed by atoms with E-state index < -0.39 is 18.3 Å². The van der Waals surface area contributed by atoms with Crippen LogP contribution in [0.2, 0.25) is 0 Å². The van der Waals surface area contributed by atoms with Crippen LogP contribution in [0.1, 0.15) is 39.0 Å². The third-order valence-corrected chi connectivity index (χ3v) is 7.72. The second-order valence-corrected chi connectivity index (χ2v) is 10.4. The van der Waals surface area contributed by atoms with Gasteiger partial charge in [0.05, 0.1) is 18.8 Å². The van der Waals surface area contributed by atoms with Gasteiger partial charge in [-0.25, -0.2) is 0 Å². The molecule has 6 nitrogen and oxygen atoms in total. The number of halogens is 3. The standard InChI is InChI=1S/C25H32F3N3O3/c1-24(6-2-7-34-24)23(32)30-22-12-29-21-4-3-19(11-20(21)22)33-8-5-16-9-17-13-31(14-18(17)10-16)15-25(26,27)28/h3-4,11-12,16-18,29H,2,5-10,13-15H2,1H3,(H,30,32)/t16-,17-,18+,24?. The smallest absolute Gasteiger partial charge is 0.401 e. The van der Waals surface area contributed by atoms with Crippen molar-refractivity contribution in [3.05, 3.63) is 24.4 Å². The quantitative estimate of drug-likeness (QED) is 0.589. The van der Waals surface area contributed by atoms with E-state index in [1.165, 1.54) is 0 Å². The van der Waals surface area contributed by atoms with Gasteiger partial charge in [-0.3, -0.25) is 9.69 Å². The minimum absolute atomic E-state index is 0.141. The summed E-state index contributed by atoms with van der Waals surface area (Å²) in [5, 5.41) is 3.87. The minimum atomic E-state index is -4.11. The fourth-order valence-corrected chi connectivity index (χ4v) is 5.99. The number of aromatic nitrogens is 1. The van der Waals surface area contributed by atoms with Gasteiger partial charge in [0.15, 0.2) is 0 Å². The first kappa shape index (κ1) is 23.5. The van der Waals surface area contributed by atoms with Gasteiger partial charge in [0.25, 0.3) is 5.91 Å². The lowest BCUT2D eigenvalue weighted by molar-refractivity contribution is -0.144. The Kier molecular flexibility index (Phi) is 6.27. The average molecular weight is 480 g/mol. The summed E-state index contributed by atoms with van der Waals surface area (Å²) in [6, 6.07) is 5.77. The molecule has 1 aliphatic carbocycles. The van der Waals surface area contributed by atoms with Crippen molar-refractivity contribution in [3.8, 4) is 5.75 Å². The Morgan fingerprint density at radius 3 is 2.74 bits per heavy atom. The number of aromatic amines is 1. The van der Waals surface area contributed by atoms with Crippen molar-refractivity contribution >= 4 is 22.5 Å². The van der Waals surface area contributed by atoms with Gasteiger partial charge in [0.1, 0.15) is 11.4 Å². The maximum Gasteiger partial charge on any atom is 0.401 e. The molecule has 0 radical (unpaired) electrons. The van der Waals surface area contributed by atoms with Crippen LogP contribution in [0.15, 0.2) is 24.4 Å². The van der Waals surface area contributed by atoms with E-state index in [-0.39, 0.29) is 5.91 Å². The summed E-state index contributed by atoms with van der Waals surface area (Å²) >= 11 is 0. The Bertz CT molecular complexity index is 1020. The minimum Gasteiger partial charge on any atom is -0.494 e. The third kappa shape index (κ3) is 5.05. The average Bonchev–Trinajstić information content (AvgIpc) is 3.52.